The molecule has 1 aromatic heterocycles. The highest BCUT2D eigenvalue weighted by atomic mass is 32.2. The van der Waals surface area contributed by atoms with E-state index in [1.165, 1.54) is 6.92 Å². The molecule has 0 saturated carbocycles. The first-order chi connectivity index (χ1) is 17.0. The summed E-state index contributed by atoms with van der Waals surface area (Å²) in [6, 6.07) is 13.3. The van der Waals surface area contributed by atoms with Crippen LogP contribution in [0.2, 0.25) is 0 Å². The van der Waals surface area contributed by atoms with Gasteiger partial charge in [-0.05, 0) is 55.7 Å². The van der Waals surface area contributed by atoms with Crippen molar-refractivity contribution in [2.24, 2.45) is 0 Å². The summed E-state index contributed by atoms with van der Waals surface area (Å²) >= 11 is 1.02. The summed E-state index contributed by atoms with van der Waals surface area (Å²) in [4.78, 5) is 27.0. The normalized spacial score (nSPS) is 10.6. The number of benzene rings is 2. The van der Waals surface area contributed by atoms with Crippen LogP contribution < -0.4 is 24.8 Å². The van der Waals surface area contributed by atoms with Crippen molar-refractivity contribution in [3.63, 3.8) is 0 Å². The SMILES string of the molecule is CNc1ccc(Oc2ccnc3cc(OCCCCCNC(=O)CSC(C)=O)c(OC)cc23)cc1. The van der Waals surface area contributed by atoms with Gasteiger partial charge in [0.05, 0.1) is 25.0 Å². The second-order valence-electron chi connectivity index (χ2n) is 7.75. The number of carbonyl (C=O) groups excluding carboxylic acids is 2. The van der Waals surface area contributed by atoms with Crippen molar-refractivity contribution in [3.05, 3.63) is 48.7 Å². The van der Waals surface area contributed by atoms with E-state index in [2.05, 4.69) is 15.6 Å². The highest BCUT2D eigenvalue weighted by Gasteiger charge is 2.12. The van der Waals surface area contributed by atoms with Gasteiger partial charge in [0.25, 0.3) is 0 Å². The predicted molar refractivity (Wildman–Crippen MR) is 140 cm³/mol. The van der Waals surface area contributed by atoms with Gasteiger partial charge >= 0.3 is 0 Å². The summed E-state index contributed by atoms with van der Waals surface area (Å²) in [5.41, 5.74) is 1.75. The first-order valence-electron chi connectivity index (χ1n) is 11.5. The van der Waals surface area contributed by atoms with E-state index < -0.39 is 0 Å². The van der Waals surface area contributed by atoms with Crippen molar-refractivity contribution in [2.75, 3.05) is 38.4 Å². The fraction of sp³-hybridized carbons (Fsp3) is 0.346. The van der Waals surface area contributed by atoms with Crippen LogP contribution in [0.15, 0.2) is 48.7 Å². The highest BCUT2D eigenvalue weighted by molar-refractivity contribution is 8.14. The zero-order chi connectivity index (χ0) is 25.0. The first-order valence-corrected chi connectivity index (χ1v) is 12.4. The van der Waals surface area contributed by atoms with E-state index in [1.54, 1.807) is 13.3 Å². The lowest BCUT2D eigenvalue weighted by atomic mass is 10.1. The first kappa shape index (κ1) is 26.2. The predicted octanol–water partition coefficient (Wildman–Crippen LogP) is 5.02. The smallest absolute Gasteiger partial charge is 0.230 e. The van der Waals surface area contributed by atoms with Gasteiger partial charge in [-0.25, -0.2) is 0 Å². The summed E-state index contributed by atoms with van der Waals surface area (Å²) in [6.07, 6.45) is 4.28. The van der Waals surface area contributed by atoms with Crippen molar-refractivity contribution in [2.45, 2.75) is 26.2 Å². The molecule has 0 aliphatic heterocycles. The number of pyridine rings is 1. The van der Waals surface area contributed by atoms with Crippen LogP contribution in [0.4, 0.5) is 5.69 Å². The Morgan fingerprint density at radius 2 is 1.80 bits per heavy atom. The number of ether oxygens (including phenoxy) is 3. The summed E-state index contributed by atoms with van der Waals surface area (Å²) in [7, 11) is 3.48. The Morgan fingerprint density at radius 1 is 1.00 bits per heavy atom. The zero-order valence-electron chi connectivity index (χ0n) is 20.3. The molecular weight excluding hydrogens is 466 g/mol. The molecule has 1 amide bonds. The standard InChI is InChI=1S/C26H31N3O5S/c1-18(30)35-17-26(31)29-12-5-4-6-14-33-25-16-22-21(15-24(25)32-3)23(11-13-28-22)34-20-9-7-19(27-2)8-10-20/h7-11,13,15-16,27H,4-6,12,14,17H2,1-3H3,(H,29,31). The van der Waals surface area contributed by atoms with Crippen molar-refractivity contribution < 1.29 is 23.8 Å². The number of methoxy groups -OCH3 is 1. The molecule has 0 saturated heterocycles. The molecule has 0 aliphatic carbocycles. The fourth-order valence-corrected chi connectivity index (χ4v) is 3.77. The summed E-state index contributed by atoms with van der Waals surface area (Å²) in [5, 5.41) is 6.68. The van der Waals surface area contributed by atoms with E-state index >= 15 is 0 Å². The average Bonchev–Trinajstić information content (AvgIpc) is 2.87. The lowest BCUT2D eigenvalue weighted by Gasteiger charge is -2.14. The number of nitrogens with zero attached hydrogens (tertiary/aromatic N) is 1. The number of carbonyl (C=O) groups is 2. The van der Waals surface area contributed by atoms with Crippen LogP contribution in [-0.2, 0) is 9.59 Å². The van der Waals surface area contributed by atoms with Crippen LogP contribution in [0, 0.1) is 0 Å². The van der Waals surface area contributed by atoms with Crippen LogP contribution in [0.1, 0.15) is 26.2 Å². The maximum atomic E-state index is 11.6. The topological polar surface area (TPSA) is 98.8 Å². The van der Waals surface area contributed by atoms with Crippen molar-refractivity contribution in [3.8, 4) is 23.0 Å². The van der Waals surface area contributed by atoms with Crippen molar-refractivity contribution >= 4 is 39.4 Å². The molecule has 0 fully saturated rings. The van der Waals surface area contributed by atoms with E-state index in [-0.39, 0.29) is 16.8 Å². The van der Waals surface area contributed by atoms with E-state index in [0.29, 0.717) is 30.4 Å². The number of rotatable bonds is 13. The minimum atomic E-state index is -0.117. The van der Waals surface area contributed by atoms with Gasteiger partial charge in [-0.1, -0.05) is 11.8 Å². The van der Waals surface area contributed by atoms with Gasteiger partial charge in [0.15, 0.2) is 16.6 Å². The van der Waals surface area contributed by atoms with Crippen LogP contribution >= 0.6 is 11.8 Å². The number of aromatic nitrogens is 1. The van der Waals surface area contributed by atoms with Gasteiger partial charge < -0.3 is 24.8 Å². The van der Waals surface area contributed by atoms with E-state index in [1.807, 2.05) is 49.5 Å². The molecule has 186 valence electrons. The van der Waals surface area contributed by atoms with E-state index in [4.69, 9.17) is 14.2 Å². The van der Waals surface area contributed by atoms with Crippen molar-refractivity contribution in [1.82, 2.24) is 10.3 Å². The quantitative estimate of drug-likeness (QED) is 0.318. The minimum Gasteiger partial charge on any atom is -0.493 e. The number of amides is 1. The third-order valence-corrected chi connectivity index (χ3v) is 5.98. The molecule has 35 heavy (non-hydrogen) atoms. The Balaban J connectivity index is 1.53. The maximum absolute atomic E-state index is 11.6. The molecule has 1 heterocycles. The number of nitrogens with one attached hydrogen (secondary N) is 2. The third-order valence-electron chi connectivity index (χ3n) is 5.17. The number of unbranched alkanes of at least 4 members (excludes halogenated alkanes) is 2. The number of anilines is 1. The lowest BCUT2D eigenvalue weighted by molar-refractivity contribution is -0.118. The largest absolute Gasteiger partial charge is 0.493 e. The molecule has 0 spiro atoms. The second kappa shape index (κ2) is 13.4. The molecule has 9 heteroatoms. The molecule has 0 unspecified atom stereocenters. The van der Waals surface area contributed by atoms with Gasteiger partial charge in [-0.3, -0.25) is 14.6 Å². The number of hydrogen-bond acceptors (Lipinski definition) is 8. The van der Waals surface area contributed by atoms with Gasteiger partial charge in [-0.15, -0.1) is 0 Å². The molecule has 8 nitrogen and oxygen atoms in total. The number of thioether (sulfide) groups is 1. The van der Waals surface area contributed by atoms with E-state index in [9.17, 15) is 9.59 Å². The van der Waals surface area contributed by atoms with Crippen LogP contribution in [-0.4, -0.2) is 49.1 Å². The Bertz CT molecular complexity index is 1140. The fourth-order valence-electron chi connectivity index (χ4n) is 3.34. The summed E-state index contributed by atoms with van der Waals surface area (Å²) in [6.45, 7) is 2.56. The Hall–Kier alpha value is -3.46. The Labute approximate surface area is 209 Å². The van der Waals surface area contributed by atoms with Crippen LogP contribution in [0.25, 0.3) is 10.9 Å². The zero-order valence-corrected chi connectivity index (χ0v) is 21.1. The summed E-state index contributed by atoms with van der Waals surface area (Å²) in [5.74, 6) is 2.69. The molecule has 3 rings (SSSR count). The maximum Gasteiger partial charge on any atom is 0.230 e. The van der Waals surface area contributed by atoms with Gasteiger partial charge in [0.1, 0.15) is 11.5 Å². The van der Waals surface area contributed by atoms with Gasteiger partial charge in [0.2, 0.25) is 5.91 Å². The van der Waals surface area contributed by atoms with E-state index in [0.717, 1.165) is 53.4 Å². The highest BCUT2D eigenvalue weighted by Crippen LogP contribution is 2.37. The minimum absolute atomic E-state index is 0.0557. The Kier molecular flexibility index (Phi) is 10.0. The number of fused-ring (bicyclic) bond motifs is 1. The molecular formula is C26H31N3O5S. The van der Waals surface area contributed by atoms with Gasteiger partial charge in [0, 0.05) is 43.9 Å². The summed E-state index contributed by atoms with van der Waals surface area (Å²) < 4.78 is 17.6. The lowest BCUT2D eigenvalue weighted by Crippen LogP contribution is -2.26. The third kappa shape index (κ3) is 8.06. The second-order valence-corrected chi connectivity index (χ2v) is 8.90. The van der Waals surface area contributed by atoms with Crippen molar-refractivity contribution in [1.29, 1.82) is 0 Å². The molecule has 0 atom stereocenters. The van der Waals surface area contributed by atoms with Crippen LogP contribution in [0.3, 0.4) is 0 Å². The molecule has 0 aliphatic rings. The van der Waals surface area contributed by atoms with Gasteiger partial charge in [-0.2, -0.15) is 0 Å². The molecule has 0 bridgehead atoms. The van der Waals surface area contributed by atoms with Crippen LogP contribution in [0.5, 0.6) is 23.0 Å². The number of hydrogen-bond donors (Lipinski definition) is 2. The molecule has 2 N–H and O–H groups in total. The monoisotopic (exact) mass is 497 g/mol. The Morgan fingerprint density at radius 3 is 2.51 bits per heavy atom. The molecule has 2 aromatic carbocycles. The molecule has 0 radical (unpaired) electrons. The molecule has 3 aromatic rings. The average molecular weight is 498 g/mol.